The van der Waals surface area contributed by atoms with Crippen molar-refractivity contribution in [2.75, 3.05) is 19.6 Å². The second kappa shape index (κ2) is 10.7. The monoisotopic (exact) mass is 425 g/mol. The molecule has 1 aromatic carbocycles. The van der Waals surface area contributed by atoms with Crippen LogP contribution in [-0.2, 0) is 0 Å². The lowest BCUT2D eigenvalue weighted by atomic mass is 10.0. The highest BCUT2D eigenvalue weighted by atomic mass is 127. The summed E-state index contributed by atoms with van der Waals surface area (Å²) >= 11 is 0. The standard InChI is InChI=1S/C16H25F2N3.HI/c1-5-19-16(20-9-11(2)3)21-10-12(4)13-6-7-14(17)15(18)8-13;/h6-8,11-12H,5,9-10H2,1-4H3,(H2,19,20,21);1H. The predicted octanol–water partition coefficient (Wildman–Crippen LogP) is 3.90. The Labute approximate surface area is 149 Å². The van der Waals surface area contributed by atoms with Gasteiger partial charge in [-0.15, -0.1) is 24.0 Å². The summed E-state index contributed by atoms with van der Waals surface area (Å²) in [6.45, 7) is 10.3. The summed E-state index contributed by atoms with van der Waals surface area (Å²) in [5.74, 6) is -0.321. The summed E-state index contributed by atoms with van der Waals surface area (Å²) in [5.41, 5.74) is 0.765. The normalized spacial score (nSPS) is 12.8. The van der Waals surface area contributed by atoms with Crippen molar-refractivity contribution in [3.8, 4) is 0 Å². The van der Waals surface area contributed by atoms with Crippen LogP contribution in [0.15, 0.2) is 23.2 Å². The molecule has 0 aliphatic rings. The van der Waals surface area contributed by atoms with Gasteiger partial charge in [0.2, 0.25) is 0 Å². The lowest BCUT2D eigenvalue weighted by Gasteiger charge is -2.16. The molecule has 0 saturated heterocycles. The van der Waals surface area contributed by atoms with Crippen LogP contribution >= 0.6 is 24.0 Å². The van der Waals surface area contributed by atoms with Gasteiger partial charge in [0.15, 0.2) is 17.6 Å². The molecular weight excluding hydrogens is 399 g/mol. The Morgan fingerprint density at radius 1 is 1.14 bits per heavy atom. The molecule has 0 bridgehead atoms. The molecule has 1 aromatic rings. The average molecular weight is 425 g/mol. The third-order valence-corrected chi connectivity index (χ3v) is 3.05. The number of benzene rings is 1. The van der Waals surface area contributed by atoms with Gasteiger partial charge in [-0.05, 0) is 36.5 Å². The van der Waals surface area contributed by atoms with Crippen LogP contribution in [0.2, 0.25) is 0 Å². The number of hydrogen-bond acceptors (Lipinski definition) is 1. The van der Waals surface area contributed by atoms with Gasteiger partial charge in [0.25, 0.3) is 0 Å². The average Bonchev–Trinajstić information content (AvgIpc) is 2.44. The molecule has 1 unspecified atom stereocenters. The Kier molecular flexibility index (Phi) is 10.3. The van der Waals surface area contributed by atoms with Crippen LogP contribution in [-0.4, -0.2) is 25.6 Å². The lowest BCUT2D eigenvalue weighted by Crippen LogP contribution is -2.39. The van der Waals surface area contributed by atoms with E-state index in [1.807, 2.05) is 13.8 Å². The molecular formula is C16H26F2IN3. The van der Waals surface area contributed by atoms with Gasteiger partial charge in [-0.3, -0.25) is 4.99 Å². The summed E-state index contributed by atoms with van der Waals surface area (Å²) in [6.07, 6.45) is 0. The predicted molar refractivity (Wildman–Crippen MR) is 99.0 cm³/mol. The number of guanidine groups is 1. The molecule has 2 N–H and O–H groups in total. The summed E-state index contributed by atoms with van der Waals surface area (Å²) < 4.78 is 26.2. The Morgan fingerprint density at radius 3 is 2.36 bits per heavy atom. The molecule has 0 fully saturated rings. The molecule has 0 aliphatic carbocycles. The molecule has 0 heterocycles. The van der Waals surface area contributed by atoms with Crippen LogP contribution in [0.5, 0.6) is 0 Å². The van der Waals surface area contributed by atoms with Crippen molar-refractivity contribution < 1.29 is 8.78 Å². The highest BCUT2D eigenvalue weighted by Gasteiger charge is 2.10. The third-order valence-electron chi connectivity index (χ3n) is 3.05. The number of aliphatic imine (C=N–C) groups is 1. The summed E-state index contributed by atoms with van der Waals surface area (Å²) in [6, 6.07) is 4.03. The van der Waals surface area contributed by atoms with E-state index in [1.54, 1.807) is 6.07 Å². The van der Waals surface area contributed by atoms with E-state index in [1.165, 1.54) is 12.1 Å². The van der Waals surface area contributed by atoms with Gasteiger partial charge in [0, 0.05) is 19.6 Å². The third kappa shape index (κ3) is 7.38. The molecule has 0 radical (unpaired) electrons. The number of hydrogen-bond donors (Lipinski definition) is 2. The minimum absolute atomic E-state index is 0. The highest BCUT2D eigenvalue weighted by molar-refractivity contribution is 14.0. The Balaban J connectivity index is 0.00000441. The van der Waals surface area contributed by atoms with Crippen molar-refractivity contribution in [2.24, 2.45) is 10.9 Å². The first-order chi connectivity index (χ1) is 9.93. The molecule has 0 aromatic heterocycles. The van der Waals surface area contributed by atoms with E-state index in [0.717, 1.165) is 24.6 Å². The van der Waals surface area contributed by atoms with E-state index in [9.17, 15) is 8.78 Å². The molecule has 0 saturated carbocycles. The molecule has 0 amide bonds. The molecule has 0 spiro atoms. The SMILES string of the molecule is CCNC(=NCC(C)C)NCC(C)c1ccc(F)c(F)c1.I. The second-order valence-electron chi connectivity index (χ2n) is 5.57. The van der Waals surface area contributed by atoms with Crippen LogP contribution in [0.1, 0.15) is 39.2 Å². The first-order valence-electron chi connectivity index (χ1n) is 7.41. The van der Waals surface area contributed by atoms with E-state index in [0.29, 0.717) is 12.5 Å². The van der Waals surface area contributed by atoms with Crippen LogP contribution in [0.3, 0.4) is 0 Å². The van der Waals surface area contributed by atoms with Crippen molar-refractivity contribution in [1.29, 1.82) is 0 Å². The van der Waals surface area contributed by atoms with Crippen LogP contribution < -0.4 is 10.6 Å². The molecule has 22 heavy (non-hydrogen) atoms. The van der Waals surface area contributed by atoms with Gasteiger partial charge < -0.3 is 10.6 Å². The summed E-state index contributed by atoms with van der Waals surface area (Å²) in [5, 5.41) is 6.40. The van der Waals surface area contributed by atoms with Crippen molar-refractivity contribution in [2.45, 2.75) is 33.6 Å². The maximum atomic E-state index is 13.2. The minimum Gasteiger partial charge on any atom is -0.357 e. The maximum absolute atomic E-state index is 13.2. The van der Waals surface area contributed by atoms with E-state index < -0.39 is 11.6 Å². The van der Waals surface area contributed by atoms with Gasteiger partial charge in [0.1, 0.15) is 0 Å². The number of halogens is 3. The first-order valence-corrected chi connectivity index (χ1v) is 7.41. The molecule has 3 nitrogen and oxygen atoms in total. The topological polar surface area (TPSA) is 36.4 Å². The van der Waals surface area contributed by atoms with Crippen LogP contribution in [0.25, 0.3) is 0 Å². The minimum atomic E-state index is -0.814. The van der Waals surface area contributed by atoms with Gasteiger partial charge in [-0.1, -0.05) is 26.8 Å². The largest absolute Gasteiger partial charge is 0.357 e. The maximum Gasteiger partial charge on any atom is 0.191 e. The van der Waals surface area contributed by atoms with Crippen molar-refractivity contribution in [1.82, 2.24) is 10.6 Å². The van der Waals surface area contributed by atoms with Gasteiger partial charge in [0.05, 0.1) is 0 Å². The van der Waals surface area contributed by atoms with Gasteiger partial charge in [-0.2, -0.15) is 0 Å². The van der Waals surface area contributed by atoms with Crippen molar-refractivity contribution in [3.05, 3.63) is 35.4 Å². The molecule has 1 rings (SSSR count). The fraction of sp³-hybridized carbons (Fsp3) is 0.562. The van der Waals surface area contributed by atoms with E-state index in [-0.39, 0.29) is 29.9 Å². The molecule has 1 atom stereocenters. The van der Waals surface area contributed by atoms with E-state index in [4.69, 9.17) is 0 Å². The fourth-order valence-electron chi connectivity index (χ4n) is 1.80. The zero-order valence-corrected chi connectivity index (χ0v) is 15.9. The molecule has 0 aliphatic heterocycles. The zero-order chi connectivity index (χ0) is 15.8. The number of rotatable bonds is 6. The van der Waals surface area contributed by atoms with Crippen LogP contribution in [0.4, 0.5) is 8.78 Å². The van der Waals surface area contributed by atoms with E-state index in [2.05, 4.69) is 29.5 Å². The van der Waals surface area contributed by atoms with Crippen LogP contribution in [0, 0.1) is 17.6 Å². The number of nitrogens with one attached hydrogen (secondary N) is 2. The Hall–Kier alpha value is -0.920. The fourth-order valence-corrected chi connectivity index (χ4v) is 1.80. The van der Waals surface area contributed by atoms with Gasteiger partial charge >= 0.3 is 0 Å². The highest BCUT2D eigenvalue weighted by Crippen LogP contribution is 2.17. The van der Waals surface area contributed by atoms with Crippen molar-refractivity contribution >= 4 is 29.9 Å². The lowest BCUT2D eigenvalue weighted by molar-refractivity contribution is 0.505. The Bertz CT molecular complexity index is 478. The van der Waals surface area contributed by atoms with Crippen molar-refractivity contribution in [3.63, 3.8) is 0 Å². The quantitative estimate of drug-likeness (QED) is 0.412. The molecule has 126 valence electrons. The van der Waals surface area contributed by atoms with E-state index >= 15 is 0 Å². The smallest absolute Gasteiger partial charge is 0.191 e. The first kappa shape index (κ1) is 21.1. The summed E-state index contributed by atoms with van der Waals surface area (Å²) in [4.78, 5) is 4.47. The number of nitrogens with zero attached hydrogens (tertiary/aromatic N) is 1. The Morgan fingerprint density at radius 2 is 1.82 bits per heavy atom. The molecule has 6 heteroatoms. The zero-order valence-electron chi connectivity index (χ0n) is 13.6. The van der Waals surface area contributed by atoms with Gasteiger partial charge in [-0.25, -0.2) is 8.78 Å². The second-order valence-corrected chi connectivity index (χ2v) is 5.57. The summed E-state index contributed by atoms with van der Waals surface area (Å²) in [7, 11) is 0.